The molecule has 6 nitrogen and oxygen atoms in total. The van der Waals surface area contributed by atoms with Gasteiger partial charge in [-0.25, -0.2) is 13.6 Å². The summed E-state index contributed by atoms with van der Waals surface area (Å²) >= 11 is 0. The molecule has 1 aliphatic carbocycles. The third kappa shape index (κ3) is 3.45. The number of rotatable bonds is 3. The molecule has 1 heterocycles. The lowest BCUT2D eigenvalue weighted by atomic mass is 9.75. The number of amides is 2. The van der Waals surface area contributed by atoms with E-state index in [-0.39, 0.29) is 17.9 Å². The fourth-order valence-corrected chi connectivity index (χ4v) is 3.49. The Labute approximate surface area is 150 Å². The van der Waals surface area contributed by atoms with Crippen LogP contribution in [0.3, 0.4) is 0 Å². The molecule has 2 aliphatic rings. The van der Waals surface area contributed by atoms with Gasteiger partial charge in [0.1, 0.15) is 29.0 Å². The van der Waals surface area contributed by atoms with E-state index in [4.69, 9.17) is 15.2 Å². The van der Waals surface area contributed by atoms with Crippen molar-refractivity contribution in [1.82, 2.24) is 5.32 Å². The van der Waals surface area contributed by atoms with Crippen LogP contribution in [0.15, 0.2) is 12.1 Å². The van der Waals surface area contributed by atoms with Crippen LogP contribution in [-0.4, -0.2) is 30.3 Å². The molecular weight excluding hydrogens is 346 g/mol. The molecule has 26 heavy (non-hydrogen) atoms. The summed E-state index contributed by atoms with van der Waals surface area (Å²) in [7, 11) is 0. The van der Waals surface area contributed by atoms with E-state index < -0.39 is 46.6 Å². The highest BCUT2D eigenvalue weighted by Crippen LogP contribution is 2.61. The maximum absolute atomic E-state index is 14.6. The monoisotopic (exact) mass is 368 g/mol. The minimum atomic E-state index is -1.20. The number of nitrogens with one attached hydrogen (secondary N) is 1. The fraction of sp³-hybridized carbons (Fsp3) is 0.556. The first-order valence-electron chi connectivity index (χ1n) is 8.43. The average Bonchev–Trinajstić information content (AvgIpc) is 3.24. The maximum Gasteiger partial charge on any atom is 0.408 e. The quantitative estimate of drug-likeness (QED) is 0.858. The summed E-state index contributed by atoms with van der Waals surface area (Å²) in [5.41, 5.74) is 4.30. The molecule has 1 saturated carbocycles. The number of hydrogen-bond donors (Lipinski definition) is 2. The Bertz CT molecular complexity index is 756. The Morgan fingerprint density at radius 3 is 2.54 bits per heavy atom. The van der Waals surface area contributed by atoms with Crippen molar-refractivity contribution >= 4 is 12.0 Å². The van der Waals surface area contributed by atoms with Crippen molar-refractivity contribution in [3.8, 4) is 5.75 Å². The molecule has 0 bridgehead atoms. The molecule has 1 aromatic rings. The van der Waals surface area contributed by atoms with Crippen LogP contribution in [0.25, 0.3) is 0 Å². The van der Waals surface area contributed by atoms with Gasteiger partial charge < -0.3 is 20.5 Å². The van der Waals surface area contributed by atoms with Gasteiger partial charge in [-0.15, -0.1) is 0 Å². The second kappa shape index (κ2) is 6.10. The van der Waals surface area contributed by atoms with Crippen LogP contribution in [0.4, 0.5) is 13.6 Å². The molecule has 142 valence electrons. The molecule has 3 N–H and O–H groups in total. The van der Waals surface area contributed by atoms with E-state index in [1.807, 2.05) is 0 Å². The lowest BCUT2D eigenvalue weighted by molar-refractivity contribution is -0.121. The largest absolute Gasteiger partial charge is 0.492 e. The second-order valence-corrected chi connectivity index (χ2v) is 7.95. The zero-order chi connectivity index (χ0) is 19.3. The zero-order valence-corrected chi connectivity index (χ0v) is 14.9. The SMILES string of the molecule is CC(C)(C)OC(=O)N[C@H](C(N)=O)C1c2c(F)cc(F)cc2OCC12CC2. The summed E-state index contributed by atoms with van der Waals surface area (Å²) in [6, 6.07) is 0.615. The van der Waals surface area contributed by atoms with Crippen molar-refractivity contribution in [3.63, 3.8) is 0 Å². The van der Waals surface area contributed by atoms with Crippen molar-refractivity contribution in [2.45, 2.75) is 51.2 Å². The Kier molecular flexibility index (Phi) is 4.32. The van der Waals surface area contributed by atoms with Crippen molar-refractivity contribution in [2.75, 3.05) is 6.61 Å². The number of fused-ring (bicyclic) bond motifs is 1. The summed E-state index contributed by atoms with van der Waals surface area (Å²) in [5.74, 6) is -3.14. The summed E-state index contributed by atoms with van der Waals surface area (Å²) in [6.45, 7) is 5.24. The van der Waals surface area contributed by atoms with Gasteiger partial charge in [-0.05, 0) is 33.6 Å². The van der Waals surface area contributed by atoms with E-state index in [1.165, 1.54) is 0 Å². The van der Waals surface area contributed by atoms with Crippen molar-refractivity contribution in [3.05, 3.63) is 29.3 Å². The first-order chi connectivity index (χ1) is 12.0. The summed E-state index contributed by atoms with van der Waals surface area (Å²) in [6.07, 6.45) is 0.550. The van der Waals surface area contributed by atoms with E-state index in [9.17, 15) is 18.4 Å². The molecule has 1 fully saturated rings. The Morgan fingerprint density at radius 1 is 1.35 bits per heavy atom. The number of halogens is 2. The second-order valence-electron chi connectivity index (χ2n) is 7.95. The van der Waals surface area contributed by atoms with Gasteiger partial charge in [-0.1, -0.05) is 0 Å². The van der Waals surface area contributed by atoms with Gasteiger partial charge >= 0.3 is 6.09 Å². The number of hydrogen-bond acceptors (Lipinski definition) is 4. The number of alkyl carbamates (subject to hydrolysis) is 1. The molecule has 1 spiro atoms. The predicted molar refractivity (Wildman–Crippen MR) is 88.6 cm³/mol. The van der Waals surface area contributed by atoms with Crippen LogP contribution < -0.4 is 15.8 Å². The lowest BCUT2D eigenvalue weighted by Gasteiger charge is -2.38. The number of primary amides is 1. The predicted octanol–water partition coefficient (Wildman–Crippen LogP) is 2.60. The molecule has 0 aromatic heterocycles. The first-order valence-corrected chi connectivity index (χ1v) is 8.43. The summed E-state index contributed by atoms with van der Waals surface area (Å²) in [5, 5.41) is 2.47. The molecule has 2 amide bonds. The van der Waals surface area contributed by atoms with Crippen LogP contribution in [0.2, 0.25) is 0 Å². The number of benzene rings is 1. The van der Waals surface area contributed by atoms with Crippen molar-refractivity contribution < 1.29 is 27.8 Å². The van der Waals surface area contributed by atoms with E-state index in [1.54, 1.807) is 20.8 Å². The van der Waals surface area contributed by atoms with E-state index >= 15 is 0 Å². The molecular formula is C18H22F2N2O4. The third-order valence-electron chi connectivity index (χ3n) is 4.75. The Hall–Kier alpha value is -2.38. The summed E-state index contributed by atoms with van der Waals surface area (Å²) in [4.78, 5) is 24.3. The van der Waals surface area contributed by atoms with E-state index in [0.29, 0.717) is 12.8 Å². The fourth-order valence-electron chi connectivity index (χ4n) is 3.49. The number of carbonyl (C=O) groups excluding carboxylic acids is 2. The van der Waals surface area contributed by atoms with Gasteiger partial charge in [0.25, 0.3) is 0 Å². The van der Waals surface area contributed by atoms with Gasteiger partial charge in [0.05, 0.1) is 6.61 Å². The molecule has 1 aliphatic heterocycles. The highest BCUT2D eigenvalue weighted by atomic mass is 19.1. The van der Waals surface area contributed by atoms with Gasteiger partial charge in [0.15, 0.2) is 0 Å². The molecule has 1 unspecified atom stereocenters. The minimum Gasteiger partial charge on any atom is -0.492 e. The van der Waals surface area contributed by atoms with Crippen LogP contribution >= 0.6 is 0 Å². The average molecular weight is 368 g/mol. The smallest absolute Gasteiger partial charge is 0.408 e. The number of carbonyl (C=O) groups is 2. The van der Waals surface area contributed by atoms with Crippen LogP contribution in [0.5, 0.6) is 5.75 Å². The molecule has 0 radical (unpaired) electrons. The molecule has 1 aromatic carbocycles. The highest BCUT2D eigenvalue weighted by molar-refractivity contribution is 5.86. The normalized spacial score (nSPS) is 21.3. The standard InChI is InChI=1S/C18H22F2N2O4/c1-17(2,3)26-16(24)22-14(15(21)23)13-12-10(20)6-9(19)7-11(12)25-8-18(13)4-5-18/h6-7,13-14H,4-5,8H2,1-3H3,(H2,21,23)(H,22,24)/t13?,14-/m0/s1. The summed E-state index contributed by atoms with van der Waals surface area (Å²) < 4.78 is 38.8. The Balaban J connectivity index is 1.99. The van der Waals surface area contributed by atoms with E-state index in [0.717, 1.165) is 12.1 Å². The van der Waals surface area contributed by atoms with Gasteiger partial charge in [-0.3, -0.25) is 4.79 Å². The van der Waals surface area contributed by atoms with Crippen LogP contribution in [0.1, 0.15) is 45.1 Å². The molecule has 8 heteroatoms. The molecule has 2 atom stereocenters. The van der Waals surface area contributed by atoms with Gasteiger partial charge in [0.2, 0.25) is 5.91 Å². The third-order valence-corrected chi connectivity index (χ3v) is 4.75. The molecule has 3 rings (SSSR count). The highest BCUT2D eigenvalue weighted by Gasteiger charge is 2.58. The Morgan fingerprint density at radius 2 is 2.00 bits per heavy atom. The number of ether oxygens (including phenoxy) is 2. The van der Waals surface area contributed by atoms with Crippen LogP contribution in [0, 0.1) is 17.0 Å². The maximum atomic E-state index is 14.6. The number of nitrogens with two attached hydrogens (primary N) is 1. The van der Waals surface area contributed by atoms with Crippen molar-refractivity contribution in [2.24, 2.45) is 11.1 Å². The van der Waals surface area contributed by atoms with Gasteiger partial charge in [-0.2, -0.15) is 0 Å². The molecule has 0 saturated heterocycles. The van der Waals surface area contributed by atoms with Crippen molar-refractivity contribution in [1.29, 1.82) is 0 Å². The minimum absolute atomic E-state index is 0.0299. The van der Waals surface area contributed by atoms with Crippen LogP contribution in [-0.2, 0) is 9.53 Å². The topological polar surface area (TPSA) is 90.6 Å². The van der Waals surface area contributed by atoms with E-state index in [2.05, 4.69) is 5.32 Å². The first kappa shape index (κ1) is 18.4. The zero-order valence-electron chi connectivity index (χ0n) is 14.9. The lowest BCUT2D eigenvalue weighted by Crippen LogP contribution is -2.53. The van der Waals surface area contributed by atoms with Gasteiger partial charge in [0, 0.05) is 29.0 Å².